The Labute approximate surface area is 162 Å². The zero-order valence-electron chi connectivity index (χ0n) is 14.4. The molecule has 0 heterocycles. The van der Waals surface area contributed by atoms with Crippen molar-refractivity contribution < 1.29 is 9.53 Å². The summed E-state index contributed by atoms with van der Waals surface area (Å²) in [6.07, 6.45) is 1.02. The summed E-state index contributed by atoms with van der Waals surface area (Å²) in [5.41, 5.74) is 2.49. The number of hydrogen-bond acceptors (Lipinski definition) is 3. The molecule has 2 rings (SSSR count). The number of halogens is 1. The van der Waals surface area contributed by atoms with E-state index in [0.717, 1.165) is 16.6 Å². The van der Waals surface area contributed by atoms with E-state index in [-0.39, 0.29) is 11.0 Å². The zero-order valence-corrected chi connectivity index (χ0v) is 16.8. The highest BCUT2D eigenvalue weighted by Crippen LogP contribution is 2.26. The maximum Gasteiger partial charge on any atom is 0.261 e. The summed E-state index contributed by atoms with van der Waals surface area (Å²) >= 11 is 8.67. The molecule has 25 heavy (non-hydrogen) atoms. The van der Waals surface area contributed by atoms with Crippen molar-refractivity contribution in [3.05, 3.63) is 58.1 Å². The molecule has 2 aromatic rings. The van der Waals surface area contributed by atoms with Gasteiger partial charge in [-0.05, 0) is 54.4 Å². The number of anilines is 1. The van der Waals surface area contributed by atoms with Gasteiger partial charge in [-0.2, -0.15) is 0 Å². The van der Waals surface area contributed by atoms with E-state index in [1.54, 1.807) is 12.1 Å². The number of carbonyl (C=O) groups is 1. The third-order valence-electron chi connectivity index (χ3n) is 3.99. The fourth-order valence-corrected chi connectivity index (χ4v) is 3.01. The minimum Gasteiger partial charge on any atom is -0.496 e. The molecule has 0 aliphatic heterocycles. The van der Waals surface area contributed by atoms with Crippen molar-refractivity contribution in [3.8, 4) is 5.75 Å². The van der Waals surface area contributed by atoms with Crippen LogP contribution in [0.3, 0.4) is 0 Å². The number of hydrogen-bond donors (Lipinski definition) is 2. The summed E-state index contributed by atoms with van der Waals surface area (Å²) in [6, 6.07) is 13.2. The Hall–Kier alpha value is -1.92. The fraction of sp³-hybridized carbons (Fsp3) is 0.263. The number of ether oxygens (including phenoxy) is 1. The molecular weight excluding hydrogens is 400 g/mol. The molecule has 0 aliphatic rings. The number of carbonyl (C=O) groups excluding carboxylic acids is 1. The molecule has 0 spiro atoms. The Balaban J connectivity index is 2.14. The summed E-state index contributed by atoms with van der Waals surface area (Å²) in [6.45, 7) is 4.30. The monoisotopic (exact) mass is 420 g/mol. The van der Waals surface area contributed by atoms with Crippen LogP contribution in [-0.4, -0.2) is 18.1 Å². The van der Waals surface area contributed by atoms with E-state index < -0.39 is 0 Å². The number of methoxy groups -OCH3 is 1. The van der Waals surface area contributed by atoms with Crippen LogP contribution in [0, 0.1) is 0 Å². The molecule has 1 amide bonds. The smallest absolute Gasteiger partial charge is 0.261 e. The molecule has 2 aromatic carbocycles. The van der Waals surface area contributed by atoms with Gasteiger partial charge in [-0.25, -0.2) is 0 Å². The lowest BCUT2D eigenvalue weighted by Crippen LogP contribution is -2.34. The predicted molar refractivity (Wildman–Crippen MR) is 110 cm³/mol. The summed E-state index contributed by atoms with van der Waals surface area (Å²) < 4.78 is 6.03. The lowest BCUT2D eigenvalue weighted by molar-refractivity contribution is 0.0974. The second kappa shape index (κ2) is 8.97. The normalized spacial score (nSPS) is 11.5. The Morgan fingerprint density at radius 2 is 2.00 bits per heavy atom. The second-order valence-electron chi connectivity index (χ2n) is 5.65. The summed E-state index contributed by atoms with van der Waals surface area (Å²) in [5.74, 6) is 0.563. The van der Waals surface area contributed by atoms with Crippen LogP contribution in [0.1, 0.15) is 42.1 Å². The summed E-state index contributed by atoms with van der Waals surface area (Å²) in [5, 5.41) is 6.09. The van der Waals surface area contributed by atoms with Gasteiger partial charge in [0.25, 0.3) is 5.91 Å². The molecule has 0 bridgehead atoms. The molecule has 1 unspecified atom stereocenters. The third kappa shape index (κ3) is 5.03. The maximum atomic E-state index is 12.5. The predicted octanol–water partition coefficient (Wildman–Crippen LogP) is 5.10. The Morgan fingerprint density at radius 1 is 1.28 bits per heavy atom. The van der Waals surface area contributed by atoms with Crippen molar-refractivity contribution in [3.63, 3.8) is 0 Å². The van der Waals surface area contributed by atoms with Crippen LogP contribution in [0.2, 0.25) is 0 Å². The molecule has 0 fully saturated rings. The molecule has 132 valence electrons. The van der Waals surface area contributed by atoms with Crippen LogP contribution >= 0.6 is 28.1 Å². The topological polar surface area (TPSA) is 50.4 Å². The molecule has 0 aliphatic carbocycles. The SMILES string of the molecule is CCC(C)c1ccccc1NC(=S)NC(=O)c1cc(Br)ccc1OC. The van der Waals surface area contributed by atoms with Gasteiger partial charge in [0, 0.05) is 10.2 Å². The lowest BCUT2D eigenvalue weighted by atomic mass is 9.97. The average molecular weight is 421 g/mol. The van der Waals surface area contributed by atoms with Crippen LogP contribution < -0.4 is 15.4 Å². The van der Waals surface area contributed by atoms with Gasteiger partial charge in [0.1, 0.15) is 5.75 Å². The largest absolute Gasteiger partial charge is 0.496 e. The van der Waals surface area contributed by atoms with Gasteiger partial charge in [0.05, 0.1) is 12.7 Å². The Kier molecular flexibility index (Phi) is 6.96. The minimum atomic E-state index is -0.323. The van der Waals surface area contributed by atoms with E-state index in [4.69, 9.17) is 17.0 Å². The zero-order chi connectivity index (χ0) is 18.4. The number of thiocarbonyl (C=S) groups is 1. The van der Waals surface area contributed by atoms with Gasteiger partial charge in [0.2, 0.25) is 0 Å². The first-order chi connectivity index (χ1) is 12.0. The summed E-state index contributed by atoms with van der Waals surface area (Å²) in [7, 11) is 1.53. The molecule has 0 radical (unpaired) electrons. The van der Waals surface area contributed by atoms with E-state index in [1.807, 2.05) is 24.3 Å². The molecule has 0 saturated heterocycles. The van der Waals surface area contributed by atoms with Crippen molar-refractivity contribution in [2.75, 3.05) is 12.4 Å². The number of benzene rings is 2. The quantitative estimate of drug-likeness (QED) is 0.660. The van der Waals surface area contributed by atoms with E-state index in [0.29, 0.717) is 17.2 Å². The molecule has 0 aromatic heterocycles. The Bertz CT molecular complexity index is 780. The highest BCUT2D eigenvalue weighted by Gasteiger charge is 2.15. The van der Waals surface area contributed by atoms with Gasteiger partial charge in [-0.1, -0.05) is 48.0 Å². The summed E-state index contributed by atoms with van der Waals surface area (Å²) in [4.78, 5) is 12.5. The highest BCUT2D eigenvalue weighted by molar-refractivity contribution is 9.10. The van der Waals surface area contributed by atoms with Gasteiger partial charge in [-0.15, -0.1) is 0 Å². The highest BCUT2D eigenvalue weighted by atomic mass is 79.9. The number of rotatable bonds is 5. The number of nitrogens with one attached hydrogen (secondary N) is 2. The van der Waals surface area contributed by atoms with Crippen molar-refractivity contribution in [2.24, 2.45) is 0 Å². The number of amides is 1. The molecule has 6 heteroatoms. The first-order valence-corrected chi connectivity index (χ1v) is 9.21. The van der Waals surface area contributed by atoms with E-state index in [1.165, 1.54) is 12.7 Å². The lowest BCUT2D eigenvalue weighted by Gasteiger charge is -2.17. The first-order valence-electron chi connectivity index (χ1n) is 8.01. The van der Waals surface area contributed by atoms with Crippen LogP contribution in [0.4, 0.5) is 5.69 Å². The van der Waals surface area contributed by atoms with E-state index in [9.17, 15) is 4.79 Å². The van der Waals surface area contributed by atoms with Crippen LogP contribution in [0.25, 0.3) is 0 Å². The molecule has 1 atom stereocenters. The minimum absolute atomic E-state index is 0.253. The standard InChI is InChI=1S/C19H21BrN2O2S/c1-4-12(2)14-7-5-6-8-16(14)21-19(25)22-18(23)15-11-13(20)9-10-17(15)24-3/h5-12H,4H2,1-3H3,(H2,21,22,23,25). The Morgan fingerprint density at radius 3 is 2.68 bits per heavy atom. The third-order valence-corrected chi connectivity index (χ3v) is 4.68. The maximum absolute atomic E-state index is 12.5. The van der Waals surface area contributed by atoms with Crippen molar-refractivity contribution in [2.45, 2.75) is 26.2 Å². The van der Waals surface area contributed by atoms with Gasteiger partial charge in [0.15, 0.2) is 5.11 Å². The first kappa shape index (κ1) is 19.4. The van der Waals surface area contributed by atoms with Crippen molar-refractivity contribution in [1.29, 1.82) is 0 Å². The molecule has 4 nitrogen and oxygen atoms in total. The van der Waals surface area contributed by atoms with Crippen LogP contribution in [-0.2, 0) is 0 Å². The van der Waals surface area contributed by atoms with Gasteiger partial charge < -0.3 is 10.1 Å². The van der Waals surface area contributed by atoms with E-state index >= 15 is 0 Å². The van der Waals surface area contributed by atoms with E-state index in [2.05, 4.69) is 46.5 Å². The van der Waals surface area contributed by atoms with Crippen LogP contribution in [0.15, 0.2) is 46.9 Å². The molecule has 0 saturated carbocycles. The van der Waals surface area contributed by atoms with Crippen LogP contribution in [0.5, 0.6) is 5.75 Å². The van der Waals surface area contributed by atoms with Crippen molar-refractivity contribution in [1.82, 2.24) is 5.32 Å². The molecular formula is C19H21BrN2O2S. The molecule has 2 N–H and O–H groups in total. The number of para-hydroxylation sites is 1. The fourth-order valence-electron chi connectivity index (χ4n) is 2.44. The average Bonchev–Trinajstić information content (AvgIpc) is 2.61. The van der Waals surface area contributed by atoms with Gasteiger partial charge in [-0.3, -0.25) is 10.1 Å². The van der Waals surface area contributed by atoms with Gasteiger partial charge >= 0.3 is 0 Å². The second-order valence-corrected chi connectivity index (χ2v) is 6.97. The van der Waals surface area contributed by atoms with Crippen molar-refractivity contribution >= 4 is 44.9 Å².